The summed E-state index contributed by atoms with van der Waals surface area (Å²) in [4.78, 5) is 2.05. The van der Waals surface area contributed by atoms with Crippen LogP contribution in [0.3, 0.4) is 0 Å². The molecule has 1 unspecified atom stereocenters. The predicted molar refractivity (Wildman–Crippen MR) is 84.7 cm³/mol. The molecule has 0 spiro atoms. The SMILES string of the molecule is CCNCc1csc(S(=O)(=O)NC(C)CCN(C)C)c1. The van der Waals surface area contributed by atoms with E-state index in [4.69, 9.17) is 0 Å². The van der Waals surface area contributed by atoms with Crippen LogP contribution in [0.4, 0.5) is 0 Å². The molecule has 0 bridgehead atoms. The van der Waals surface area contributed by atoms with Crippen molar-refractivity contribution < 1.29 is 8.42 Å². The third-order valence-electron chi connectivity index (χ3n) is 2.84. The molecule has 0 radical (unpaired) electrons. The van der Waals surface area contributed by atoms with Gasteiger partial charge in [-0.15, -0.1) is 11.3 Å². The third kappa shape index (κ3) is 5.88. The Hall–Kier alpha value is -0.470. The van der Waals surface area contributed by atoms with Gasteiger partial charge < -0.3 is 10.2 Å². The molecule has 1 atom stereocenters. The molecule has 1 heterocycles. The first-order valence-electron chi connectivity index (χ1n) is 6.80. The Morgan fingerprint density at radius 3 is 2.70 bits per heavy atom. The summed E-state index contributed by atoms with van der Waals surface area (Å²) in [6.45, 7) is 6.36. The Bertz CT molecular complexity index is 497. The standard InChI is InChI=1S/C13H25N3O2S2/c1-5-14-9-12-8-13(19-10-12)20(17,18)15-11(2)6-7-16(3)4/h8,10-11,14-15H,5-7,9H2,1-4H3. The van der Waals surface area contributed by atoms with Gasteiger partial charge in [0.25, 0.3) is 0 Å². The van der Waals surface area contributed by atoms with E-state index < -0.39 is 10.0 Å². The predicted octanol–water partition coefficient (Wildman–Crippen LogP) is 1.48. The minimum absolute atomic E-state index is 0.0679. The fourth-order valence-corrected chi connectivity index (χ4v) is 4.19. The van der Waals surface area contributed by atoms with Crippen LogP contribution in [0.1, 0.15) is 25.8 Å². The zero-order chi connectivity index (χ0) is 15.2. The zero-order valence-electron chi connectivity index (χ0n) is 12.6. The second kappa shape index (κ2) is 8.09. The van der Waals surface area contributed by atoms with Crippen LogP contribution >= 0.6 is 11.3 Å². The highest BCUT2D eigenvalue weighted by molar-refractivity contribution is 7.91. The van der Waals surface area contributed by atoms with Crippen LogP contribution in [-0.4, -0.2) is 46.5 Å². The third-order valence-corrected chi connectivity index (χ3v) is 5.92. The lowest BCUT2D eigenvalue weighted by Gasteiger charge is -2.16. The summed E-state index contributed by atoms with van der Waals surface area (Å²) in [6.07, 6.45) is 0.794. The number of sulfonamides is 1. The Kier molecular flexibility index (Phi) is 7.11. The van der Waals surface area contributed by atoms with Crippen LogP contribution in [0.5, 0.6) is 0 Å². The van der Waals surface area contributed by atoms with Crippen molar-refractivity contribution in [2.75, 3.05) is 27.2 Å². The van der Waals surface area contributed by atoms with Crippen LogP contribution in [0.25, 0.3) is 0 Å². The fraction of sp³-hybridized carbons (Fsp3) is 0.692. The summed E-state index contributed by atoms with van der Waals surface area (Å²) < 4.78 is 27.6. The van der Waals surface area contributed by atoms with Gasteiger partial charge in [-0.2, -0.15) is 0 Å². The summed E-state index contributed by atoms with van der Waals surface area (Å²) in [7, 11) is 0.570. The van der Waals surface area contributed by atoms with E-state index in [-0.39, 0.29) is 6.04 Å². The monoisotopic (exact) mass is 319 g/mol. The highest BCUT2D eigenvalue weighted by Gasteiger charge is 2.19. The number of thiophene rings is 1. The maximum absolute atomic E-state index is 12.2. The first-order chi connectivity index (χ1) is 9.35. The Morgan fingerprint density at radius 1 is 1.40 bits per heavy atom. The lowest BCUT2D eigenvalue weighted by atomic mass is 10.2. The Balaban J connectivity index is 2.61. The lowest BCUT2D eigenvalue weighted by molar-refractivity contribution is 0.379. The van der Waals surface area contributed by atoms with Gasteiger partial charge in [-0.3, -0.25) is 0 Å². The van der Waals surface area contributed by atoms with E-state index in [1.54, 1.807) is 6.07 Å². The van der Waals surface area contributed by atoms with Crippen molar-refractivity contribution in [1.82, 2.24) is 14.9 Å². The van der Waals surface area contributed by atoms with Crippen molar-refractivity contribution >= 4 is 21.4 Å². The van der Waals surface area contributed by atoms with E-state index >= 15 is 0 Å². The first kappa shape index (κ1) is 17.6. The number of rotatable bonds is 9. The molecule has 20 heavy (non-hydrogen) atoms. The van der Waals surface area contributed by atoms with Crippen molar-refractivity contribution in [3.63, 3.8) is 0 Å². The molecule has 116 valence electrons. The molecule has 7 heteroatoms. The molecule has 2 N–H and O–H groups in total. The molecule has 0 fully saturated rings. The molecule has 0 aliphatic rings. The van der Waals surface area contributed by atoms with Gasteiger partial charge in [0.1, 0.15) is 4.21 Å². The van der Waals surface area contributed by atoms with Gasteiger partial charge in [0.05, 0.1) is 0 Å². The van der Waals surface area contributed by atoms with Crippen molar-refractivity contribution in [2.24, 2.45) is 0 Å². The second-order valence-electron chi connectivity index (χ2n) is 5.17. The van der Waals surface area contributed by atoms with Gasteiger partial charge in [0.15, 0.2) is 0 Å². The number of hydrogen-bond donors (Lipinski definition) is 2. The van der Waals surface area contributed by atoms with E-state index in [0.29, 0.717) is 10.8 Å². The maximum Gasteiger partial charge on any atom is 0.250 e. The van der Waals surface area contributed by atoms with Crippen molar-refractivity contribution in [3.05, 3.63) is 17.0 Å². The molecule has 1 aromatic heterocycles. The van der Waals surface area contributed by atoms with Crippen LogP contribution in [0.15, 0.2) is 15.7 Å². The molecule has 1 aromatic rings. The number of hydrogen-bond acceptors (Lipinski definition) is 5. The minimum atomic E-state index is -3.39. The molecular formula is C13H25N3O2S2. The van der Waals surface area contributed by atoms with E-state index in [1.165, 1.54) is 11.3 Å². The highest BCUT2D eigenvalue weighted by atomic mass is 32.2. The largest absolute Gasteiger partial charge is 0.313 e. The highest BCUT2D eigenvalue weighted by Crippen LogP contribution is 2.20. The Morgan fingerprint density at radius 2 is 2.10 bits per heavy atom. The number of nitrogens with one attached hydrogen (secondary N) is 2. The molecule has 5 nitrogen and oxygen atoms in total. The summed E-state index contributed by atoms with van der Waals surface area (Å²) in [5.41, 5.74) is 1.01. The first-order valence-corrected chi connectivity index (χ1v) is 9.16. The fourth-order valence-electron chi connectivity index (χ4n) is 1.69. The Labute approximate surface area is 126 Å². The molecule has 1 rings (SSSR count). The van der Waals surface area contributed by atoms with Gasteiger partial charge in [-0.05, 0) is 57.5 Å². The molecule has 0 saturated heterocycles. The normalized spacial score (nSPS) is 13.8. The molecule has 0 saturated carbocycles. The molecule has 0 amide bonds. The van der Waals surface area contributed by atoms with Crippen LogP contribution in [-0.2, 0) is 16.6 Å². The van der Waals surface area contributed by atoms with Crippen LogP contribution in [0.2, 0.25) is 0 Å². The second-order valence-corrected chi connectivity index (χ2v) is 8.02. The van der Waals surface area contributed by atoms with Gasteiger partial charge in [-0.1, -0.05) is 6.92 Å². The van der Waals surface area contributed by atoms with Crippen molar-refractivity contribution in [1.29, 1.82) is 0 Å². The van der Waals surface area contributed by atoms with Crippen LogP contribution < -0.4 is 10.0 Å². The molecule has 0 aromatic carbocycles. The summed E-state index contributed by atoms with van der Waals surface area (Å²) in [5.74, 6) is 0. The van der Waals surface area contributed by atoms with E-state index in [1.807, 2.05) is 38.2 Å². The van der Waals surface area contributed by atoms with E-state index in [0.717, 1.165) is 25.1 Å². The van der Waals surface area contributed by atoms with Gasteiger partial charge in [-0.25, -0.2) is 13.1 Å². The van der Waals surface area contributed by atoms with Gasteiger partial charge in [0, 0.05) is 12.6 Å². The topological polar surface area (TPSA) is 61.4 Å². The average Bonchev–Trinajstić information content (AvgIpc) is 2.83. The smallest absolute Gasteiger partial charge is 0.250 e. The molecular weight excluding hydrogens is 294 g/mol. The van der Waals surface area contributed by atoms with E-state index in [9.17, 15) is 8.42 Å². The summed E-state index contributed by atoms with van der Waals surface area (Å²) in [5, 5.41) is 5.08. The zero-order valence-corrected chi connectivity index (χ0v) is 14.3. The van der Waals surface area contributed by atoms with Gasteiger partial charge >= 0.3 is 0 Å². The van der Waals surface area contributed by atoms with Crippen LogP contribution in [0, 0.1) is 0 Å². The summed E-state index contributed by atoms with van der Waals surface area (Å²) in [6, 6.07) is 1.68. The van der Waals surface area contributed by atoms with E-state index in [2.05, 4.69) is 10.0 Å². The summed E-state index contributed by atoms with van der Waals surface area (Å²) >= 11 is 1.27. The number of nitrogens with zero attached hydrogens (tertiary/aromatic N) is 1. The van der Waals surface area contributed by atoms with Gasteiger partial charge in [0.2, 0.25) is 10.0 Å². The maximum atomic E-state index is 12.2. The average molecular weight is 319 g/mol. The molecule has 0 aliphatic heterocycles. The van der Waals surface area contributed by atoms with Crippen molar-refractivity contribution in [3.8, 4) is 0 Å². The lowest BCUT2D eigenvalue weighted by Crippen LogP contribution is -2.34. The quantitative estimate of drug-likeness (QED) is 0.724. The minimum Gasteiger partial charge on any atom is -0.313 e. The van der Waals surface area contributed by atoms with Crippen molar-refractivity contribution in [2.45, 2.75) is 37.1 Å². The molecule has 0 aliphatic carbocycles.